The first-order chi connectivity index (χ1) is 9.30. The number of carbonyl (C=O) groups is 1. The molecule has 20 heavy (non-hydrogen) atoms. The summed E-state index contributed by atoms with van der Waals surface area (Å²) in [5.74, 6) is -3.21. The van der Waals surface area contributed by atoms with E-state index < -0.39 is 28.9 Å². The van der Waals surface area contributed by atoms with Crippen molar-refractivity contribution in [3.63, 3.8) is 0 Å². The zero-order chi connectivity index (χ0) is 14.9. The monoisotopic (exact) mass is 285 g/mol. The Bertz CT molecular complexity index is 531. The van der Waals surface area contributed by atoms with Crippen molar-refractivity contribution in [1.82, 2.24) is 5.32 Å². The van der Waals surface area contributed by atoms with Gasteiger partial charge in [0.2, 0.25) is 0 Å². The number of rotatable bonds is 3. The summed E-state index contributed by atoms with van der Waals surface area (Å²) in [7, 11) is 0. The number of hydrogen-bond acceptors (Lipinski definition) is 3. The van der Waals surface area contributed by atoms with Crippen LogP contribution in [0.4, 0.5) is 8.78 Å². The van der Waals surface area contributed by atoms with Crippen molar-refractivity contribution in [2.45, 2.75) is 32.7 Å². The fourth-order valence-corrected chi connectivity index (χ4v) is 2.02. The number of halogens is 2. The normalized spacial score (nSPS) is 20.9. The molecule has 110 valence electrons. The molecule has 1 aromatic rings. The Morgan fingerprint density at radius 2 is 2.15 bits per heavy atom. The lowest BCUT2D eigenvalue weighted by Gasteiger charge is -2.17. The molecule has 1 unspecified atom stereocenters. The van der Waals surface area contributed by atoms with E-state index in [-0.39, 0.29) is 18.2 Å². The molecule has 0 aliphatic carbocycles. The van der Waals surface area contributed by atoms with E-state index in [1.165, 1.54) is 13.0 Å². The summed E-state index contributed by atoms with van der Waals surface area (Å²) in [5.41, 5.74) is -0.346. The topological polar surface area (TPSA) is 47.6 Å². The molecule has 0 spiro atoms. The summed E-state index contributed by atoms with van der Waals surface area (Å²) in [4.78, 5) is 11.9. The highest BCUT2D eigenvalue weighted by molar-refractivity contribution is 5.95. The van der Waals surface area contributed by atoms with Crippen LogP contribution >= 0.6 is 0 Å². The average molecular weight is 285 g/mol. The van der Waals surface area contributed by atoms with E-state index in [1.807, 2.05) is 0 Å². The fraction of sp³-hybridized carbons (Fsp3) is 0.500. The fourth-order valence-electron chi connectivity index (χ4n) is 2.02. The number of amides is 1. The van der Waals surface area contributed by atoms with Gasteiger partial charge in [0.1, 0.15) is 23.3 Å². The van der Waals surface area contributed by atoms with Crippen molar-refractivity contribution < 1.29 is 23.0 Å². The van der Waals surface area contributed by atoms with Crippen molar-refractivity contribution in [2.24, 2.45) is 0 Å². The van der Waals surface area contributed by atoms with Gasteiger partial charge in [-0.25, -0.2) is 8.78 Å². The van der Waals surface area contributed by atoms with Crippen LogP contribution in [0.3, 0.4) is 0 Å². The lowest BCUT2D eigenvalue weighted by Crippen LogP contribution is -2.35. The van der Waals surface area contributed by atoms with E-state index in [2.05, 4.69) is 5.32 Å². The van der Waals surface area contributed by atoms with Crippen molar-refractivity contribution in [3.8, 4) is 0 Å². The van der Waals surface area contributed by atoms with Gasteiger partial charge in [0.25, 0.3) is 5.91 Å². The summed E-state index contributed by atoms with van der Waals surface area (Å²) in [6.07, 6.45) is -0.329. The Morgan fingerprint density at radius 3 is 2.75 bits per heavy atom. The summed E-state index contributed by atoms with van der Waals surface area (Å²) < 4.78 is 38.2. The summed E-state index contributed by atoms with van der Waals surface area (Å²) in [6, 6.07) is 2.36. The lowest BCUT2D eigenvalue weighted by molar-refractivity contribution is -0.137. The standard InChI is InChI=1S/C14H17F2NO3/c1-8-4-5-10(15)11(12(8)16)13(18)17-6-9-7-19-14(2,3)20-9/h4-5,9H,6-7H2,1-3H3,(H,17,18). The van der Waals surface area contributed by atoms with Gasteiger partial charge in [0, 0.05) is 6.54 Å². The summed E-state index contributed by atoms with van der Waals surface area (Å²) >= 11 is 0. The molecule has 1 aliphatic rings. The second kappa shape index (κ2) is 5.46. The Kier molecular flexibility index (Phi) is 4.06. The van der Waals surface area contributed by atoms with Crippen LogP contribution in [0.5, 0.6) is 0 Å². The van der Waals surface area contributed by atoms with Crippen LogP contribution in [0.25, 0.3) is 0 Å². The molecule has 6 heteroatoms. The van der Waals surface area contributed by atoms with Gasteiger partial charge in [-0.1, -0.05) is 6.07 Å². The summed E-state index contributed by atoms with van der Waals surface area (Å²) in [5, 5.41) is 2.46. The molecule has 1 fully saturated rings. The van der Waals surface area contributed by atoms with Crippen LogP contribution in [0.15, 0.2) is 12.1 Å². The van der Waals surface area contributed by atoms with Crippen molar-refractivity contribution in [3.05, 3.63) is 34.9 Å². The van der Waals surface area contributed by atoms with E-state index in [4.69, 9.17) is 9.47 Å². The van der Waals surface area contributed by atoms with Gasteiger partial charge in [-0.15, -0.1) is 0 Å². The quantitative estimate of drug-likeness (QED) is 0.925. The van der Waals surface area contributed by atoms with Gasteiger partial charge in [-0.05, 0) is 32.4 Å². The molecule has 1 atom stereocenters. The molecule has 1 saturated heterocycles. The Balaban J connectivity index is 2.01. The van der Waals surface area contributed by atoms with Crippen LogP contribution in [0.1, 0.15) is 29.8 Å². The van der Waals surface area contributed by atoms with E-state index in [1.54, 1.807) is 13.8 Å². The minimum Gasteiger partial charge on any atom is -0.349 e. The number of hydrogen-bond donors (Lipinski definition) is 1. The summed E-state index contributed by atoms with van der Waals surface area (Å²) in [6.45, 7) is 5.45. The van der Waals surface area contributed by atoms with Crippen LogP contribution in [0.2, 0.25) is 0 Å². The third-order valence-electron chi connectivity index (χ3n) is 3.07. The second-order valence-corrected chi connectivity index (χ2v) is 5.21. The molecule has 4 nitrogen and oxygen atoms in total. The largest absolute Gasteiger partial charge is 0.349 e. The number of benzene rings is 1. The average Bonchev–Trinajstić information content (AvgIpc) is 2.72. The third-order valence-corrected chi connectivity index (χ3v) is 3.07. The molecule has 1 heterocycles. The van der Waals surface area contributed by atoms with E-state index in [0.29, 0.717) is 6.61 Å². The van der Waals surface area contributed by atoms with Gasteiger partial charge in [0.15, 0.2) is 5.79 Å². The molecule has 0 radical (unpaired) electrons. The van der Waals surface area contributed by atoms with Gasteiger partial charge in [-0.3, -0.25) is 4.79 Å². The van der Waals surface area contributed by atoms with Gasteiger partial charge >= 0.3 is 0 Å². The van der Waals surface area contributed by atoms with Crippen LogP contribution in [-0.2, 0) is 9.47 Å². The molecule has 2 rings (SSSR count). The molecule has 1 N–H and O–H groups in total. The maximum absolute atomic E-state index is 13.8. The highest BCUT2D eigenvalue weighted by Gasteiger charge is 2.33. The number of aryl methyl sites for hydroxylation is 1. The van der Waals surface area contributed by atoms with E-state index >= 15 is 0 Å². The van der Waals surface area contributed by atoms with Crippen molar-refractivity contribution in [1.29, 1.82) is 0 Å². The molecular formula is C14H17F2NO3. The predicted molar refractivity (Wildman–Crippen MR) is 68.3 cm³/mol. The first-order valence-corrected chi connectivity index (χ1v) is 6.35. The maximum atomic E-state index is 13.8. The first-order valence-electron chi connectivity index (χ1n) is 6.35. The Morgan fingerprint density at radius 1 is 1.45 bits per heavy atom. The molecular weight excluding hydrogens is 268 g/mol. The predicted octanol–water partition coefficient (Wildman–Crippen LogP) is 2.15. The minimum atomic E-state index is -0.880. The zero-order valence-corrected chi connectivity index (χ0v) is 11.6. The SMILES string of the molecule is Cc1ccc(F)c(C(=O)NCC2COC(C)(C)O2)c1F. The van der Waals surface area contributed by atoms with Crippen molar-refractivity contribution >= 4 is 5.91 Å². The third kappa shape index (κ3) is 3.13. The lowest BCUT2D eigenvalue weighted by atomic mass is 10.1. The van der Waals surface area contributed by atoms with Crippen molar-refractivity contribution in [2.75, 3.05) is 13.2 Å². The number of nitrogens with one attached hydrogen (secondary N) is 1. The highest BCUT2D eigenvalue weighted by Crippen LogP contribution is 2.22. The molecule has 1 amide bonds. The van der Waals surface area contributed by atoms with Gasteiger partial charge in [-0.2, -0.15) is 0 Å². The molecule has 0 saturated carbocycles. The zero-order valence-electron chi connectivity index (χ0n) is 11.6. The van der Waals surface area contributed by atoms with Gasteiger partial charge < -0.3 is 14.8 Å². The van der Waals surface area contributed by atoms with Crippen LogP contribution in [-0.4, -0.2) is 30.9 Å². The van der Waals surface area contributed by atoms with Crippen LogP contribution in [0, 0.1) is 18.6 Å². The maximum Gasteiger partial charge on any atom is 0.257 e. The smallest absolute Gasteiger partial charge is 0.257 e. The van der Waals surface area contributed by atoms with Crippen LogP contribution < -0.4 is 5.32 Å². The Hall–Kier alpha value is -1.53. The minimum absolute atomic E-state index is 0.134. The molecule has 0 bridgehead atoms. The van der Waals surface area contributed by atoms with E-state index in [0.717, 1.165) is 6.07 Å². The number of ether oxygens (including phenoxy) is 2. The Labute approximate surface area is 116 Å². The second-order valence-electron chi connectivity index (χ2n) is 5.21. The molecule has 1 aromatic carbocycles. The molecule has 1 aliphatic heterocycles. The van der Waals surface area contributed by atoms with E-state index in [9.17, 15) is 13.6 Å². The molecule has 0 aromatic heterocycles. The number of carbonyl (C=O) groups excluding carboxylic acids is 1. The van der Waals surface area contributed by atoms with Gasteiger partial charge in [0.05, 0.1) is 6.61 Å². The first kappa shape index (κ1) is 14.9. The highest BCUT2D eigenvalue weighted by atomic mass is 19.1.